The molecular weight excluding hydrogens is 230 g/mol. The SMILES string of the molecule is CCc1nc(NCCS(C)(=O)=O)cc(=O)[nH]1. The number of nitrogens with one attached hydrogen (secondary N) is 2. The van der Waals surface area contributed by atoms with Crippen molar-refractivity contribution < 1.29 is 8.42 Å². The molecule has 2 N–H and O–H groups in total. The lowest BCUT2D eigenvalue weighted by atomic mass is 10.4. The van der Waals surface area contributed by atoms with Crippen LogP contribution in [0.2, 0.25) is 0 Å². The van der Waals surface area contributed by atoms with Crippen molar-refractivity contribution in [2.45, 2.75) is 13.3 Å². The zero-order chi connectivity index (χ0) is 12.2. The third-order valence-corrected chi connectivity index (χ3v) is 2.85. The number of aryl methyl sites for hydroxylation is 1. The van der Waals surface area contributed by atoms with Crippen LogP contribution in [0.3, 0.4) is 0 Å². The number of H-pyrrole nitrogens is 1. The fourth-order valence-electron chi connectivity index (χ4n) is 1.13. The molecule has 0 unspecified atom stereocenters. The van der Waals surface area contributed by atoms with Gasteiger partial charge in [0, 0.05) is 25.3 Å². The second kappa shape index (κ2) is 5.11. The van der Waals surface area contributed by atoms with Crippen LogP contribution in [0.5, 0.6) is 0 Å². The highest BCUT2D eigenvalue weighted by atomic mass is 32.2. The zero-order valence-corrected chi connectivity index (χ0v) is 10.1. The molecule has 0 bridgehead atoms. The van der Waals surface area contributed by atoms with Gasteiger partial charge in [-0.05, 0) is 0 Å². The molecule has 0 saturated heterocycles. The van der Waals surface area contributed by atoms with Crippen LogP contribution in [0.25, 0.3) is 0 Å². The van der Waals surface area contributed by atoms with E-state index in [-0.39, 0.29) is 17.9 Å². The van der Waals surface area contributed by atoms with E-state index in [1.54, 1.807) is 0 Å². The first-order valence-electron chi connectivity index (χ1n) is 4.92. The number of hydrogen-bond acceptors (Lipinski definition) is 5. The zero-order valence-electron chi connectivity index (χ0n) is 9.28. The summed E-state index contributed by atoms with van der Waals surface area (Å²) >= 11 is 0. The van der Waals surface area contributed by atoms with Gasteiger partial charge < -0.3 is 10.3 Å². The summed E-state index contributed by atoms with van der Waals surface area (Å²) in [7, 11) is -3.00. The molecule has 0 saturated carbocycles. The van der Waals surface area contributed by atoms with Crippen LogP contribution >= 0.6 is 0 Å². The summed E-state index contributed by atoms with van der Waals surface area (Å²) in [6.45, 7) is 2.12. The lowest BCUT2D eigenvalue weighted by Crippen LogP contribution is -2.18. The number of anilines is 1. The Kier molecular flexibility index (Phi) is 4.05. The Morgan fingerprint density at radius 1 is 1.50 bits per heavy atom. The Bertz CT molecular complexity index is 507. The number of aromatic amines is 1. The number of nitrogens with zero attached hydrogens (tertiary/aromatic N) is 1. The van der Waals surface area contributed by atoms with E-state index in [4.69, 9.17) is 0 Å². The topological polar surface area (TPSA) is 91.9 Å². The Balaban J connectivity index is 2.67. The van der Waals surface area contributed by atoms with E-state index in [1.807, 2.05) is 6.92 Å². The van der Waals surface area contributed by atoms with Gasteiger partial charge in [-0.2, -0.15) is 0 Å². The van der Waals surface area contributed by atoms with E-state index in [1.165, 1.54) is 6.07 Å². The van der Waals surface area contributed by atoms with Crippen molar-refractivity contribution in [1.82, 2.24) is 9.97 Å². The summed E-state index contributed by atoms with van der Waals surface area (Å²) in [6, 6.07) is 1.31. The molecule has 7 heteroatoms. The van der Waals surface area contributed by atoms with E-state index >= 15 is 0 Å². The third-order valence-electron chi connectivity index (χ3n) is 1.90. The van der Waals surface area contributed by atoms with Gasteiger partial charge in [-0.1, -0.05) is 6.92 Å². The predicted molar refractivity (Wildman–Crippen MR) is 62.4 cm³/mol. The summed E-state index contributed by atoms with van der Waals surface area (Å²) in [5, 5.41) is 2.81. The van der Waals surface area contributed by atoms with Gasteiger partial charge in [-0.3, -0.25) is 4.79 Å². The molecule has 1 aromatic rings. The highest BCUT2D eigenvalue weighted by Gasteiger charge is 2.03. The van der Waals surface area contributed by atoms with Gasteiger partial charge in [0.25, 0.3) is 5.56 Å². The van der Waals surface area contributed by atoms with Crippen molar-refractivity contribution >= 4 is 15.7 Å². The predicted octanol–water partition coefficient (Wildman–Crippen LogP) is -0.211. The molecule has 0 amide bonds. The Morgan fingerprint density at radius 3 is 2.75 bits per heavy atom. The standard InChI is InChI=1S/C9H15N3O3S/c1-3-7-11-8(6-9(13)12-7)10-4-5-16(2,14)15/h6H,3-5H2,1-2H3,(H2,10,11,12,13). The van der Waals surface area contributed by atoms with Crippen molar-refractivity contribution in [3.05, 3.63) is 22.2 Å². The Labute approximate surface area is 94.0 Å². The van der Waals surface area contributed by atoms with Gasteiger partial charge >= 0.3 is 0 Å². The molecule has 1 rings (SSSR count). The highest BCUT2D eigenvalue weighted by Crippen LogP contribution is 1.98. The van der Waals surface area contributed by atoms with Gasteiger partial charge in [0.2, 0.25) is 0 Å². The molecule has 1 heterocycles. The first-order chi connectivity index (χ1) is 7.40. The van der Waals surface area contributed by atoms with Crippen LogP contribution in [0.15, 0.2) is 10.9 Å². The molecule has 90 valence electrons. The molecule has 0 atom stereocenters. The van der Waals surface area contributed by atoms with Crippen molar-refractivity contribution in [1.29, 1.82) is 0 Å². The largest absolute Gasteiger partial charge is 0.369 e. The van der Waals surface area contributed by atoms with Crippen LogP contribution in [-0.2, 0) is 16.3 Å². The number of hydrogen-bond donors (Lipinski definition) is 2. The smallest absolute Gasteiger partial charge is 0.252 e. The average Bonchev–Trinajstić information content (AvgIpc) is 2.14. The molecule has 0 spiro atoms. The van der Waals surface area contributed by atoms with Gasteiger partial charge in [0.05, 0.1) is 5.75 Å². The minimum Gasteiger partial charge on any atom is -0.369 e. The van der Waals surface area contributed by atoms with Crippen molar-refractivity contribution in [3.63, 3.8) is 0 Å². The van der Waals surface area contributed by atoms with Crippen molar-refractivity contribution in [2.75, 3.05) is 23.9 Å². The maximum atomic E-state index is 11.2. The first-order valence-corrected chi connectivity index (χ1v) is 6.98. The van der Waals surface area contributed by atoms with E-state index < -0.39 is 9.84 Å². The minimum absolute atomic E-state index is 0.0168. The Morgan fingerprint density at radius 2 is 2.19 bits per heavy atom. The molecule has 0 fully saturated rings. The first kappa shape index (κ1) is 12.7. The van der Waals surface area contributed by atoms with Gasteiger partial charge in [0.1, 0.15) is 21.5 Å². The Hall–Kier alpha value is -1.37. The molecule has 0 aliphatic heterocycles. The second-order valence-corrected chi connectivity index (χ2v) is 5.75. The van der Waals surface area contributed by atoms with E-state index in [0.29, 0.717) is 18.1 Å². The van der Waals surface area contributed by atoms with Gasteiger partial charge in [-0.15, -0.1) is 0 Å². The van der Waals surface area contributed by atoms with Crippen LogP contribution < -0.4 is 10.9 Å². The van der Waals surface area contributed by atoms with Gasteiger partial charge in [0.15, 0.2) is 0 Å². The summed E-state index contributed by atoms with van der Waals surface area (Å²) in [5.74, 6) is 1.00. The van der Waals surface area contributed by atoms with E-state index in [0.717, 1.165) is 6.26 Å². The summed E-state index contributed by atoms with van der Waals surface area (Å²) in [4.78, 5) is 17.9. The normalized spacial score (nSPS) is 11.4. The molecular formula is C9H15N3O3S. The quantitative estimate of drug-likeness (QED) is 0.749. The summed E-state index contributed by atoms with van der Waals surface area (Å²) < 4.78 is 21.8. The molecule has 16 heavy (non-hydrogen) atoms. The molecule has 6 nitrogen and oxygen atoms in total. The second-order valence-electron chi connectivity index (χ2n) is 3.49. The highest BCUT2D eigenvalue weighted by molar-refractivity contribution is 7.90. The molecule has 0 aliphatic carbocycles. The molecule has 0 radical (unpaired) electrons. The van der Waals surface area contributed by atoms with Crippen LogP contribution in [0, 0.1) is 0 Å². The fourth-order valence-corrected chi connectivity index (χ4v) is 1.60. The van der Waals surface area contributed by atoms with E-state index in [9.17, 15) is 13.2 Å². The van der Waals surface area contributed by atoms with Crippen molar-refractivity contribution in [2.24, 2.45) is 0 Å². The lowest BCUT2D eigenvalue weighted by molar-refractivity contribution is 0.602. The average molecular weight is 245 g/mol. The maximum absolute atomic E-state index is 11.2. The number of sulfone groups is 1. The number of aromatic nitrogens is 2. The molecule has 0 aliphatic rings. The van der Waals surface area contributed by atoms with Crippen molar-refractivity contribution in [3.8, 4) is 0 Å². The number of rotatable bonds is 5. The molecule has 1 aromatic heterocycles. The summed E-state index contributed by atoms with van der Waals surface area (Å²) in [6.07, 6.45) is 1.79. The minimum atomic E-state index is -3.00. The lowest BCUT2D eigenvalue weighted by Gasteiger charge is -2.05. The van der Waals surface area contributed by atoms with Crippen LogP contribution in [-0.4, -0.2) is 36.9 Å². The summed E-state index contributed by atoms with van der Waals surface area (Å²) in [5.41, 5.74) is -0.242. The fraction of sp³-hybridized carbons (Fsp3) is 0.556. The monoisotopic (exact) mass is 245 g/mol. The van der Waals surface area contributed by atoms with Crippen LogP contribution in [0.1, 0.15) is 12.7 Å². The van der Waals surface area contributed by atoms with Crippen LogP contribution in [0.4, 0.5) is 5.82 Å². The third kappa shape index (κ3) is 4.43. The van der Waals surface area contributed by atoms with E-state index in [2.05, 4.69) is 15.3 Å². The van der Waals surface area contributed by atoms with Gasteiger partial charge in [-0.25, -0.2) is 13.4 Å². The maximum Gasteiger partial charge on any atom is 0.252 e. The molecule has 0 aromatic carbocycles.